The predicted octanol–water partition coefficient (Wildman–Crippen LogP) is 2.68. The van der Waals surface area contributed by atoms with Crippen LogP contribution in [0, 0.1) is 6.92 Å². The molecule has 0 saturated heterocycles. The molecule has 5 nitrogen and oxygen atoms in total. The quantitative estimate of drug-likeness (QED) is 0.922. The van der Waals surface area contributed by atoms with Gasteiger partial charge < -0.3 is 15.4 Å². The number of pyridine rings is 1. The van der Waals surface area contributed by atoms with E-state index < -0.39 is 0 Å². The number of methoxy groups -OCH3 is 1. The standard InChI is InChI=1S/C15H21N3O2S/c1-5-18(10(3)8-20-4)15(19)13-12(16)11-9(2)6-7-17-14(11)21-13/h6-7,10H,5,8,16H2,1-4H3. The monoisotopic (exact) mass is 307 g/mol. The Balaban J connectivity index is 2.43. The van der Waals surface area contributed by atoms with Gasteiger partial charge in [-0.1, -0.05) is 0 Å². The lowest BCUT2D eigenvalue weighted by Crippen LogP contribution is -2.40. The fraction of sp³-hybridized carbons (Fsp3) is 0.467. The van der Waals surface area contributed by atoms with Gasteiger partial charge in [-0.15, -0.1) is 11.3 Å². The number of carbonyl (C=O) groups excluding carboxylic acids is 1. The largest absolute Gasteiger partial charge is 0.397 e. The highest BCUT2D eigenvalue weighted by molar-refractivity contribution is 7.21. The fourth-order valence-corrected chi connectivity index (χ4v) is 3.58. The van der Waals surface area contributed by atoms with Crippen LogP contribution in [0.4, 0.5) is 5.69 Å². The first-order valence-corrected chi connectivity index (χ1v) is 7.76. The molecule has 2 heterocycles. The lowest BCUT2D eigenvalue weighted by atomic mass is 10.1. The molecule has 2 rings (SSSR count). The van der Waals surface area contributed by atoms with Crippen LogP contribution in [0.2, 0.25) is 0 Å². The van der Waals surface area contributed by atoms with Gasteiger partial charge in [0.2, 0.25) is 0 Å². The second kappa shape index (κ2) is 6.41. The highest BCUT2D eigenvalue weighted by Gasteiger charge is 2.25. The van der Waals surface area contributed by atoms with Gasteiger partial charge in [0.25, 0.3) is 5.91 Å². The van der Waals surface area contributed by atoms with E-state index in [-0.39, 0.29) is 11.9 Å². The van der Waals surface area contributed by atoms with Crippen LogP contribution in [0.5, 0.6) is 0 Å². The van der Waals surface area contributed by atoms with Crippen molar-refractivity contribution in [3.05, 3.63) is 22.7 Å². The smallest absolute Gasteiger partial charge is 0.266 e. The van der Waals surface area contributed by atoms with E-state index in [1.54, 1.807) is 18.2 Å². The summed E-state index contributed by atoms with van der Waals surface area (Å²) in [5, 5.41) is 0.890. The zero-order valence-corrected chi connectivity index (χ0v) is 13.7. The molecule has 0 fully saturated rings. The van der Waals surface area contributed by atoms with Gasteiger partial charge >= 0.3 is 0 Å². The molecule has 6 heteroatoms. The number of nitrogens with zero attached hydrogens (tertiary/aromatic N) is 2. The molecular weight excluding hydrogens is 286 g/mol. The Hall–Kier alpha value is -1.66. The average Bonchev–Trinajstić information content (AvgIpc) is 2.78. The molecule has 0 bridgehead atoms. The third-order valence-corrected chi connectivity index (χ3v) is 4.67. The van der Waals surface area contributed by atoms with E-state index in [2.05, 4.69) is 4.98 Å². The molecule has 0 spiro atoms. The third kappa shape index (κ3) is 2.87. The van der Waals surface area contributed by atoms with Gasteiger partial charge in [0.1, 0.15) is 9.71 Å². The molecule has 0 aliphatic carbocycles. The second-order valence-electron chi connectivity index (χ2n) is 5.05. The number of aromatic nitrogens is 1. The number of nitrogen functional groups attached to an aromatic ring is 1. The summed E-state index contributed by atoms with van der Waals surface area (Å²) < 4.78 is 5.15. The highest BCUT2D eigenvalue weighted by atomic mass is 32.1. The minimum atomic E-state index is -0.0537. The Morgan fingerprint density at radius 2 is 2.29 bits per heavy atom. The summed E-state index contributed by atoms with van der Waals surface area (Å²) in [5.74, 6) is -0.0537. The van der Waals surface area contributed by atoms with Crippen molar-refractivity contribution in [2.24, 2.45) is 0 Å². The van der Waals surface area contributed by atoms with E-state index in [4.69, 9.17) is 10.5 Å². The maximum absolute atomic E-state index is 12.8. The lowest BCUT2D eigenvalue weighted by Gasteiger charge is -2.27. The summed E-state index contributed by atoms with van der Waals surface area (Å²) in [6, 6.07) is 1.91. The normalized spacial score (nSPS) is 12.6. The van der Waals surface area contributed by atoms with Crippen LogP contribution in [0.25, 0.3) is 10.2 Å². The number of anilines is 1. The van der Waals surface area contributed by atoms with Crippen LogP contribution < -0.4 is 5.73 Å². The van der Waals surface area contributed by atoms with Crippen molar-refractivity contribution in [2.45, 2.75) is 26.8 Å². The molecular formula is C15H21N3O2S. The molecule has 0 aliphatic heterocycles. The van der Waals surface area contributed by atoms with E-state index in [1.165, 1.54) is 11.3 Å². The summed E-state index contributed by atoms with van der Waals surface area (Å²) in [6.45, 7) is 7.02. The predicted molar refractivity (Wildman–Crippen MR) is 86.8 cm³/mol. The summed E-state index contributed by atoms with van der Waals surface area (Å²) >= 11 is 1.36. The molecule has 0 aliphatic rings. The molecule has 0 saturated carbocycles. The molecule has 1 unspecified atom stereocenters. The fourth-order valence-electron chi connectivity index (χ4n) is 2.48. The first-order chi connectivity index (χ1) is 10.0. The molecule has 2 N–H and O–H groups in total. The number of nitrogens with two attached hydrogens (primary N) is 1. The first kappa shape index (κ1) is 15.7. The van der Waals surface area contributed by atoms with Crippen LogP contribution >= 0.6 is 11.3 Å². The molecule has 21 heavy (non-hydrogen) atoms. The Labute approximate surface area is 128 Å². The minimum Gasteiger partial charge on any atom is -0.397 e. The summed E-state index contributed by atoms with van der Waals surface area (Å²) in [6.07, 6.45) is 1.74. The number of ether oxygens (including phenoxy) is 1. The number of amides is 1. The van der Waals surface area contributed by atoms with E-state index in [0.717, 1.165) is 15.8 Å². The second-order valence-corrected chi connectivity index (χ2v) is 6.05. The SMILES string of the molecule is CCN(C(=O)c1sc2nccc(C)c2c1N)C(C)COC. The van der Waals surface area contributed by atoms with E-state index in [9.17, 15) is 4.79 Å². The van der Waals surface area contributed by atoms with E-state index in [0.29, 0.717) is 23.7 Å². The van der Waals surface area contributed by atoms with Crippen molar-refractivity contribution < 1.29 is 9.53 Å². The molecule has 2 aromatic heterocycles. The molecule has 1 amide bonds. The first-order valence-electron chi connectivity index (χ1n) is 6.94. The zero-order chi connectivity index (χ0) is 15.6. The van der Waals surface area contributed by atoms with E-state index >= 15 is 0 Å². The lowest BCUT2D eigenvalue weighted by molar-refractivity contribution is 0.0585. The number of hydrogen-bond donors (Lipinski definition) is 1. The van der Waals surface area contributed by atoms with Gasteiger partial charge in [0.15, 0.2) is 0 Å². The van der Waals surface area contributed by atoms with Gasteiger partial charge in [-0.25, -0.2) is 4.98 Å². The van der Waals surface area contributed by atoms with Crippen molar-refractivity contribution in [1.82, 2.24) is 9.88 Å². The van der Waals surface area contributed by atoms with Crippen molar-refractivity contribution >= 4 is 33.1 Å². The summed E-state index contributed by atoms with van der Waals surface area (Å²) in [5.41, 5.74) is 7.78. The molecule has 0 aromatic carbocycles. The van der Waals surface area contributed by atoms with Crippen LogP contribution in [-0.4, -0.2) is 42.1 Å². The minimum absolute atomic E-state index is 0.00571. The number of hydrogen-bond acceptors (Lipinski definition) is 5. The zero-order valence-electron chi connectivity index (χ0n) is 12.8. The van der Waals surface area contributed by atoms with Gasteiger partial charge in [-0.3, -0.25) is 4.79 Å². The van der Waals surface area contributed by atoms with Crippen molar-refractivity contribution in [3.63, 3.8) is 0 Å². The van der Waals surface area contributed by atoms with Crippen LogP contribution in [0.3, 0.4) is 0 Å². The average molecular weight is 307 g/mol. The maximum Gasteiger partial charge on any atom is 0.266 e. The maximum atomic E-state index is 12.8. The van der Waals surface area contributed by atoms with Crippen molar-refractivity contribution in [1.29, 1.82) is 0 Å². The number of thiophene rings is 1. The molecule has 114 valence electrons. The Morgan fingerprint density at radius 1 is 1.57 bits per heavy atom. The number of likely N-dealkylation sites (N-methyl/N-ethyl adjacent to an activating group) is 1. The van der Waals surface area contributed by atoms with Crippen LogP contribution in [-0.2, 0) is 4.74 Å². The Bertz CT molecular complexity index is 654. The van der Waals surface area contributed by atoms with Crippen LogP contribution in [0.15, 0.2) is 12.3 Å². The van der Waals surface area contributed by atoms with E-state index in [1.807, 2.05) is 26.8 Å². The van der Waals surface area contributed by atoms with Gasteiger partial charge in [-0.2, -0.15) is 0 Å². The Morgan fingerprint density at radius 3 is 2.86 bits per heavy atom. The third-order valence-electron chi connectivity index (χ3n) is 3.57. The topological polar surface area (TPSA) is 68.5 Å². The van der Waals surface area contributed by atoms with Gasteiger partial charge in [0, 0.05) is 25.2 Å². The number of aryl methyl sites for hydroxylation is 1. The van der Waals surface area contributed by atoms with Gasteiger partial charge in [-0.05, 0) is 32.4 Å². The van der Waals surface area contributed by atoms with Crippen molar-refractivity contribution in [2.75, 3.05) is 26.0 Å². The summed E-state index contributed by atoms with van der Waals surface area (Å²) in [7, 11) is 1.63. The molecule has 1 atom stereocenters. The number of rotatable bonds is 5. The molecule has 0 radical (unpaired) electrons. The number of fused-ring (bicyclic) bond motifs is 1. The Kier molecular flexibility index (Phi) is 4.80. The molecule has 2 aromatic rings. The summed E-state index contributed by atoms with van der Waals surface area (Å²) in [4.78, 5) is 20.2. The van der Waals surface area contributed by atoms with Crippen LogP contribution in [0.1, 0.15) is 29.1 Å². The van der Waals surface area contributed by atoms with Crippen molar-refractivity contribution in [3.8, 4) is 0 Å². The number of carbonyl (C=O) groups is 1. The highest BCUT2D eigenvalue weighted by Crippen LogP contribution is 2.35. The van der Waals surface area contributed by atoms with Gasteiger partial charge in [0.05, 0.1) is 18.3 Å².